The van der Waals surface area contributed by atoms with Gasteiger partial charge in [-0.2, -0.15) is 0 Å². The molecule has 2 aliphatic heterocycles. The predicted octanol–water partition coefficient (Wildman–Crippen LogP) is 2.73. The van der Waals surface area contributed by atoms with Crippen molar-refractivity contribution in [3.05, 3.63) is 20.0 Å². The smallest absolute Gasteiger partial charge is 0.151 e. The van der Waals surface area contributed by atoms with Gasteiger partial charge in [0, 0.05) is 38.9 Å². The van der Waals surface area contributed by atoms with E-state index in [1.807, 2.05) is 0 Å². The van der Waals surface area contributed by atoms with E-state index in [9.17, 15) is 18.0 Å². The number of rotatable bonds is 14. The number of ether oxygens (including phenoxy) is 2. The molecule has 2 unspecified atom stereocenters. The quantitative estimate of drug-likeness (QED) is 0.333. The molecule has 4 rings (SSSR count). The number of aromatic nitrogens is 4. The molecule has 0 bridgehead atoms. The lowest BCUT2D eigenvalue weighted by Gasteiger charge is -2.21. The maximum absolute atomic E-state index is 12.6. The Morgan fingerprint density at radius 3 is 1.54 bits per heavy atom. The second-order valence-electron chi connectivity index (χ2n) is 9.65. The Morgan fingerprint density at radius 2 is 1.14 bits per heavy atom. The lowest BCUT2D eigenvalue weighted by Crippen LogP contribution is -2.23. The van der Waals surface area contributed by atoms with E-state index in [1.54, 1.807) is 0 Å². The zero-order valence-electron chi connectivity index (χ0n) is 20.9. The van der Waals surface area contributed by atoms with E-state index in [2.05, 4.69) is 20.4 Å². The van der Waals surface area contributed by atoms with Gasteiger partial charge in [0.1, 0.15) is 31.6 Å². The molecule has 0 saturated carbocycles. The molecule has 2 atom stereocenters. The molecule has 0 aromatic carbocycles. The zero-order valence-corrected chi connectivity index (χ0v) is 23.4. The van der Waals surface area contributed by atoms with E-state index in [0.29, 0.717) is 46.1 Å². The zero-order chi connectivity index (χ0) is 26.1. The second-order valence-corrected chi connectivity index (χ2v) is 14.2. The van der Waals surface area contributed by atoms with Crippen LogP contribution in [0.1, 0.15) is 71.4 Å². The molecule has 4 heterocycles. The summed E-state index contributed by atoms with van der Waals surface area (Å²) in [6, 6.07) is 0. The number of hydrogen-bond donors (Lipinski definition) is 0. The van der Waals surface area contributed by atoms with E-state index in [0.717, 1.165) is 38.5 Å². The highest BCUT2D eigenvalue weighted by atomic mass is 32.2. The summed E-state index contributed by atoms with van der Waals surface area (Å²) in [6.07, 6.45) is 7.82. The third kappa shape index (κ3) is 9.86. The molecule has 2 aliphatic rings. The fourth-order valence-corrected chi connectivity index (χ4v) is 7.65. The molecule has 2 saturated heterocycles. The number of nitrogens with zero attached hydrogens (tertiary/aromatic N) is 4. The van der Waals surface area contributed by atoms with Gasteiger partial charge in [0.2, 0.25) is 0 Å². The van der Waals surface area contributed by atoms with Crippen molar-refractivity contribution in [3.63, 3.8) is 0 Å². The van der Waals surface area contributed by atoms with Gasteiger partial charge >= 0.3 is 0 Å². The van der Waals surface area contributed by atoms with Crippen LogP contribution in [-0.4, -0.2) is 77.3 Å². The van der Waals surface area contributed by atoms with Gasteiger partial charge in [0.15, 0.2) is 9.84 Å². The van der Waals surface area contributed by atoms with Crippen LogP contribution in [0.25, 0.3) is 0 Å². The minimum atomic E-state index is -3.33. The monoisotopic (exact) mass is 570 g/mol. The van der Waals surface area contributed by atoms with E-state index in [-0.39, 0.29) is 61.0 Å². The molecule has 2 fully saturated rings. The van der Waals surface area contributed by atoms with E-state index in [4.69, 9.17) is 9.47 Å². The number of ketones is 2. The topological polar surface area (TPSA) is 138 Å². The van der Waals surface area contributed by atoms with Crippen LogP contribution in [0.2, 0.25) is 0 Å². The highest BCUT2D eigenvalue weighted by Crippen LogP contribution is 2.20. The minimum Gasteiger partial charge on any atom is -0.378 e. The average molecular weight is 571 g/mol. The van der Waals surface area contributed by atoms with Crippen molar-refractivity contribution in [1.82, 2.24) is 20.4 Å². The predicted molar refractivity (Wildman–Crippen MR) is 140 cm³/mol. The van der Waals surface area contributed by atoms with Crippen molar-refractivity contribution in [3.8, 4) is 0 Å². The normalized spacial score (nSPS) is 20.6. The highest BCUT2D eigenvalue weighted by molar-refractivity contribution is 7.91. The van der Waals surface area contributed by atoms with Gasteiger partial charge in [-0.05, 0) is 38.5 Å². The molecule has 204 valence electrons. The van der Waals surface area contributed by atoms with Crippen LogP contribution in [0.3, 0.4) is 0 Å². The molecule has 2 aromatic rings. The Labute approximate surface area is 225 Å². The first-order valence-corrected chi connectivity index (χ1v) is 16.4. The van der Waals surface area contributed by atoms with Gasteiger partial charge in [0.25, 0.3) is 0 Å². The van der Waals surface area contributed by atoms with Crippen LogP contribution < -0.4 is 0 Å². The summed E-state index contributed by atoms with van der Waals surface area (Å²) in [5.74, 6) is 0.0546. The van der Waals surface area contributed by atoms with Crippen LogP contribution in [-0.2, 0) is 54.6 Å². The number of carbonyl (C=O) groups is 2. The van der Waals surface area contributed by atoms with Crippen molar-refractivity contribution in [2.24, 2.45) is 0 Å². The van der Waals surface area contributed by atoms with Crippen molar-refractivity contribution in [2.45, 2.75) is 89.3 Å². The molecule has 0 N–H and O–H groups in total. The number of sulfone groups is 1. The van der Waals surface area contributed by atoms with Gasteiger partial charge in [-0.1, -0.05) is 0 Å². The molecule has 0 spiro atoms. The summed E-state index contributed by atoms with van der Waals surface area (Å²) in [7, 11) is -3.33. The number of Topliss-reactive ketones (excluding diaryl/α,β-unsaturated/α-hetero) is 2. The third-order valence-corrected chi connectivity index (χ3v) is 10.0. The van der Waals surface area contributed by atoms with Crippen LogP contribution >= 0.6 is 22.7 Å². The summed E-state index contributed by atoms with van der Waals surface area (Å²) < 4.78 is 36.4. The van der Waals surface area contributed by atoms with Gasteiger partial charge in [0.05, 0.1) is 36.6 Å². The Balaban J connectivity index is 1.16. The van der Waals surface area contributed by atoms with E-state index in [1.165, 1.54) is 22.7 Å². The summed E-state index contributed by atoms with van der Waals surface area (Å²) in [5, 5.41) is 18.7. The fraction of sp³-hybridized carbons (Fsp3) is 0.750. The lowest BCUT2D eigenvalue weighted by molar-refractivity contribution is -0.123. The Morgan fingerprint density at radius 1 is 0.703 bits per heavy atom. The third-order valence-electron chi connectivity index (χ3n) is 6.43. The molecule has 0 aliphatic carbocycles. The van der Waals surface area contributed by atoms with E-state index >= 15 is 0 Å². The summed E-state index contributed by atoms with van der Waals surface area (Å²) >= 11 is 2.58. The summed E-state index contributed by atoms with van der Waals surface area (Å²) in [5.41, 5.74) is 0. The number of carbonyl (C=O) groups excluding carboxylic acids is 2. The molecule has 0 radical (unpaired) electrons. The number of hydrogen-bond acceptors (Lipinski definition) is 12. The Hall–Kier alpha value is -1.67. The van der Waals surface area contributed by atoms with Crippen molar-refractivity contribution in [2.75, 3.05) is 24.7 Å². The van der Waals surface area contributed by atoms with Crippen LogP contribution in [0.15, 0.2) is 0 Å². The molecular weight excluding hydrogens is 536 g/mol. The molecule has 0 amide bonds. The maximum Gasteiger partial charge on any atom is 0.151 e. The highest BCUT2D eigenvalue weighted by Gasteiger charge is 2.21. The van der Waals surface area contributed by atoms with Crippen LogP contribution in [0, 0.1) is 0 Å². The molecule has 2 aromatic heterocycles. The summed E-state index contributed by atoms with van der Waals surface area (Å²) in [6.45, 7) is 1.43. The number of aryl methyl sites for hydroxylation is 2. The Kier molecular flexibility index (Phi) is 10.7. The minimum absolute atomic E-state index is 0.000427. The second kappa shape index (κ2) is 13.9. The molecular formula is C24H34N4O6S3. The standard InChI is InChI=1S/C24H34N4O6S3/c29-17(13-19-5-1-3-9-33-19)15-23-27-25-21(35-23)7-11-37(31,32)12-8-22-26-28-24(36-22)16-18(30)14-20-6-2-4-10-34-20/h19-20H,1-16H2. The average Bonchev–Trinajstić information content (AvgIpc) is 3.52. The van der Waals surface area contributed by atoms with Gasteiger partial charge in [-0.3, -0.25) is 9.59 Å². The largest absolute Gasteiger partial charge is 0.378 e. The van der Waals surface area contributed by atoms with Gasteiger partial charge < -0.3 is 9.47 Å². The fourth-order valence-electron chi connectivity index (χ4n) is 4.44. The van der Waals surface area contributed by atoms with Crippen molar-refractivity contribution >= 4 is 44.1 Å². The first-order chi connectivity index (χ1) is 17.8. The Bertz CT molecular complexity index is 1050. The van der Waals surface area contributed by atoms with Crippen LogP contribution in [0.4, 0.5) is 0 Å². The first kappa shape index (κ1) is 28.3. The molecule has 10 nitrogen and oxygen atoms in total. The first-order valence-electron chi connectivity index (χ1n) is 12.9. The SMILES string of the molecule is O=C(Cc1nnc(CCS(=O)(=O)CCc2nnc(CC(=O)CC3CCCCO3)s2)s1)CC1CCCCO1. The maximum atomic E-state index is 12.6. The van der Waals surface area contributed by atoms with Gasteiger partial charge in [-0.15, -0.1) is 43.1 Å². The molecule has 13 heteroatoms. The van der Waals surface area contributed by atoms with Crippen molar-refractivity contribution < 1.29 is 27.5 Å². The summed E-state index contributed by atoms with van der Waals surface area (Å²) in [4.78, 5) is 24.6. The lowest BCUT2D eigenvalue weighted by atomic mass is 10.0. The van der Waals surface area contributed by atoms with Crippen molar-refractivity contribution in [1.29, 1.82) is 0 Å². The molecule has 37 heavy (non-hydrogen) atoms. The van der Waals surface area contributed by atoms with E-state index < -0.39 is 9.84 Å². The van der Waals surface area contributed by atoms with Gasteiger partial charge in [-0.25, -0.2) is 8.42 Å². The van der Waals surface area contributed by atoms with Crippen LogP contribution in [0.5, 0.6) is 0 Å².